The van der Waals surface area contributed by atoms with Crippen molar-refractivity contribution in [2.45, 2.75) is 36.1 Å². The molecular weight excluding hydrogens is 334 g/mol. The zero-order chi connectivity index (χ0) is 16.2. The smallest absolute Gasteiger partial charge is 0.262 e. The van der Waals surface area contributed by atoms with Crippen LogP contribution in [0.1, 0.15) is 31.2 Å². The number of sulfonamides is 1. The number of fused-ring (bicyclic) bond motifs is 2. The number of aryl methyl sites for hydroxylation is 1. The Labute approximate surface area is 140 Å². The molecule has 0 atom stereocenters. The van der Waals surface area contributed by atoms with Crippen molar-refractivity contribution in [1.29, 1.82) is 0 Å². The van der Waals surface area contributed by atoms with Crippen LogP contribution in [0.15, 0.2) is 35.5 Å². The van der Waals surface area contributed by atoms with Crippen molar-refractivity contribution >= 4 is 27.3 Å². The van der Waals surface area contributed by atoms with Gasteiger partial charge in [0.25, 0.3) is 10.0 Å². The van der Waals surface area contributed by atoms with Gasteiger partial charge in [0.1, 0.15) is 0 Å². The van der Waals surface area contributed by atoms with Gasteiger partial charge in [-0.2, -0.15) is 13.5 Å². The molecule has 2 aromatic rings. The predicted octanol–water partition coefficient (Wildman–Crippen LogP) is 3.09. The van der Waals surface area contributed by atoms with Crippen LogP contribution >= 0.6 is 11.6 Å². The van der Waals surface area contributed by atoms with Crippen LogP contribution in [0.4, 0.5) is 5.69 Å². The Hall–Kier alpha value is -1.53. The van der Waals surface area contributed by atoms with E-state index in [0.717, 1.165) is 31.2 Å². The molecule has 1 aliphatic carbocycles. The number of rotatable bonds is 2. The number of nitrogens with zero attached hydrogens (tertiary/aromatic N) is 3. The van der Waals surface area contributed by atoms with Crippen LogP contribution in [0.2, 0.25) is 5.02 Å². The maximum atomic E-state index is 13.2. The number of aromatic nitrogens is 2. The average molecular weight is 352 g/mol. The molecule has 5 nitrogen and oxygen atoms in total. The number of hydrogen-bond acceptors (Lipinski definition) is 3. The van der Waals surface area contributed by atoms with Crippen molar-refractivity contribution < 1.29 is 8.42 Å². The molecular formula is C16H18ClN3O2S. The lowest BCUT2D eigenvalue weighted by Crippen LogP contribution is -2.36. The van der Waals surface area contributed by atoms with Crippen LogP contribution < -0.4 is 4.31 Å². The highest BCUT2D eigenvalue weighted by atomic mass is 35.5. The number of halogens is 1. The molecule has 1 spiro atoms. The monoisotopic (exact) mass is 351 g/mol. The molecule has 2 aliphatic rings. The zero-order valence-corrected chi connectivity index (χ0v) is 14.4. The third-order valence-electron chi connectivity index (χ3n) is 5.14. The van der Waals surface area contributed by atoms with Crippen molar-refractivity contribution in [2.75, 3.05) is 10.8 Å². The molecule has 7 heteroatoms. The third kappa shape index (κ3) is 2.04. The summed E-state index contributed by atoms with van der Waals surface area (Å²) in [5, 5.41) is 4.69. The van der Waals surface area contributed by atoms with Crippen molar-refractivity contribution in [3.05, 3.63) is 41.0 Å². The molecule has 122 valence electrons. The van der Waals surface area contributed by atoms with Crippen LogP contribution in [-0.4, -0.2) is 24.7 Å². The molecule has 0 unspecified atom stereocenters. The molecule has 0 N–H and O–H groups in total. The molecule has 4 rings (SSSR count). The third-order valence-corrected chi connectivity index (χ3v) is 7.27. The van der Waals surface area contributed by atoms with Gasteiger partial charge in [0.05, 0.1) is 16.9 Å². The molecule has 1 fully saturated rings. The van der Waals surface area contributed by atoms with Gasteiger partial charge in [-0.15, -0.1) is 0 Å². The van der Waals surface area contributed by atoms with Crippen molar-refractivity contribution in [2.24, 2.45) is 7.05 Å². The number of anilines is 1. The van der Waals surface area contributed by atoms with Gasteiger partial charge in [0, 0.05) is 19.0 Å². The topological polar surface area (TPSA) is 55.2 Å². The first-order valence-corrected chi connectivity index (χ1v) is 9.57. The summed E-state index contributed by atoms with van der Waals surface area (Å²) in [7, 11) is -2.04. The quantitative estimate of drug-likeness (QED) is 0.835. The minimum Gasteiger partial charge on any atom is -0.262 e. The highest BCUT2D eigenvalue weighted by molar-refractivity contribution is 7.92. The fourth-order valence-corrected chi connectivity index (χ4v) is 6.07. The van der Waals surface area contributed by atoms with E-state index in [4.69, 9.17) is 11.6 Å². The average Bonchev–Trinajstić information content (AvgIpc) is 3.21. The van der Waals surface area contributed by atoms with E-state index in [0.29, 0.717) is 17.3 Å². The number of para-hydroxylation sites is 1. The van der Waals surface area contributed by atoms with Gasteiger partial charge in [0.15, 0.2) is 5.03 Å². The van der Waals surface area contributed by atoms with E-state index in [1.54, 1.807) is 13.1 Å². The van der Waals surface area contributed by atoms with Crippen LogP contribution in [0.5, 0.6) is 0 Å². The van der Waals surface area contributed by atoms with Crippen molar-refractivity contribution in [1.82, 2.24) is 9.78 Å². The Morgan fingerprint density at radius 3 is 2.61 bits per heavy atom. The lowest BCUT2D eigenvalue weighted by atomic mass is 9.81. The Morgan fingerprint density at radius 1 is 1.22 bits per heavy atom. The van der Waals surface area contributed by atoms with E-state index in [-0.39, 0.29) is 10.4 Å². The van der Waals surface area contributed by atoms with E-state index >= 15 is 0 Å². The summed E-state index contributed by atoms with van der Waals surface area (Å²) in [5.41, 5.74) is 1.64. The molecule has 0 amide bonds. The molecule has 0 saturated heterocycles. The van der Waals surface area contributed by atoms with Crippen LogP contribution in [0.25, 0.3) is 0 Å². The minimum absolute atomic E-state index is 0.0914. The van der Waals surface area contributed by atoms with Crippen LogP contribution in [-0.2, 0) is 22.5 Å². The summed E-state index contributed by atoms with van der Waals surface area (Å²) in [6.45, 7) is 0.472. The second kappa shape index (κ2) is 4.98. The molecule has 23 heavy (non-hydrogen) atoms. The fourth-order valence-electron chi connectivity index (χ4n) is 4.05. The molecule has 0 radical (unpaired) electrons. The first kappa shape index (κ1) is 15.0. The Bertz CT molecular complexity index is 869. The number of benzene rings is 1. The molecule has 1 aromatic heterocycles. The van der Waals surface area contributed by atoms with Crippen molar-refractivity contribution in [3.63, 3.8) is 0 Å². The first-order chi connectivity index (χ1) is 11.0. The highest BCUT2D eigenvalue weighted by Crippen LogP contribution is 2.53. The van der Waals surface area contributed by atoms with Gasteiger partial charge < -0.3 is 0 Å². The lowest BCUT2D eigenvalue weighted by molar-refractivity contribution is 0.476. The van der Waals surface area contributed by atoms with E-state index in [1.807, 2.05) is 12.1 Å². The fraction of sp³-hybridized carbons (Fsp3) is 0.438. The van der Waals surface area contributed by atoms with Crippen molar-refractivity contribution in [3.8, 4) is 0 Å². The SMILES string of the molecule is Cn1nccc1S(=O)(=O)N1CC2(CCCC2)c2cccc(Cl)c21. The summed E-state index contributed by atoms with van der Waals surface area (Å²) >= 11 is 6.40. The normalized spacial score (nSPS) is 19.5. The maximum Gasteiger partial charge on any atom is 0.281 e. The second-order valence-electron chi connectivity index (χ2n) is 6.43. The molecule has 2 heterocycles. The summed E-state index contributed by atoms with van der Waals surface area (Å²) in [4.78, 5) is 0. The summed E-state index contributed by atoms with van der Waals surface area (Å²) in [6, 6.07) is 7.25. The van der Waals surface area contributed by atoms with Gasteiger partial charge >= 0.3 is 0 Å². The largest absolute Gasteiger partial charge is 0.281 e. The first-order valence-electron chi connectivity index (χ1n) is 7.75. The minimum atomic E-state index is -3.68. The van der Waals surface area contributed by atoms with Gasteiger partial charge in [0.2, 0.25) is 0 Å². The Morgan fingerprint density at radius 2 is 1.96 bits per heavy atom. The van der Waals surface area contributed by atoms with Gasteiger partial charge in [-0.3, -0.25) is 8.99 Å². The predicted molar refractivity (Wildman–Crippen MR) is 89.3 cm³/mol. The van der Waals surface area contributed by atoms with Gasteiger partial charge in [-0.25, -0.2) is 0 Å². The summed E-state index contributed by atoms with van der Waals surface area (Å²) in [6.07, 6.45) is 5.79. The maximum absolute atomic E-state index is 13.2. The van der Waals surface area contributed by atoms with Crippen LogP contribution in [0, 0.1) is 0 Å². The van der Waals surface area contributed by atoms with E-state index in [1.165, 1.54) is 21.3 Å². The molecule has 1 aliphatic heterocycles. The number of hydrogen-bond donors (Lipinski definition) is 0. The standard InChI is InChI=1S/C16H18ClN3O2S/c1-19-14(7-10-18-19)23(21,22)20-11-16(8-2-3-9-16)12-5-4-6-13(17)15(12)20/h4-7,10H,2-3,8-9,11H2,1H3. The molecule has 0 bridgehead atoms. The zero-order valence-electron chi connectivity index (χ0n) is 12.9. The van der Waals surface area contributed by atoms with Gasteiger partial charge in [-0.05, 0) is 30.5 Å². The molecule has 1 saturated carbocycles. The van der Waals surface area contributed by atoms with Crippen LogP contribution in [0.3, 0.4) is 0 Å². The Kier molecular flexibility index (Phi) is 3.25. The van der Waals surface area contributed by atoms with E-state index in [9.17, 15) is 8.42 Å². The summed E-state index contributed by atoms with van der Waals surface area (Å²) < 4.78 is 29.2. The van der Waals surface area contributed by atoms with Gasteiger partial charge in [-0.1, -0.05) is 36.6 Å². The van der Waals surface area contributed by atoms with E-state index in [2.05, 4.69) is 5.10 Å². The Balaban J connectivity index is 1.91. The lowest BCUT2D eigenvalue weighted by Gasteiger charge is -2.25. The highest BCUT2D eigenvalue weighted by Gasteiger charge is 2.49. The van der Waals surface area contributed by atoms with E-state index < -0.39 is 10.0 Å². The summed E-state index contributed by atoms with van der Waals surface area (Å²) in [5.74, 6) is 0. The molecule has 1 aromatic carbocycles. The second-order valence-corrected chi connectivity index (χ2v) is 8.64.